The number of nitrogens with zero attached hydrogens (tertiary/aromatic N) is 1. The molecule has 1 aliphatic heterocycles. The van der Waals surface area contributed by atoms with E-state index in [9.17, 15) is 9.90 Å². The number of carbonyl (C=O) groups is 1. The number of β-lactam (4-membered cyclic amide) rings is 1. The molecule has 0 bridgehead atoms. The molecule has 0 aliphatic carbocycles. The average Bonchev–Trinajstić information content (AvgIpc) is 2.76. The Morgan fingerprint density at radius 1 is 0.929 bits per heavy atom. The lowest BCUT2D eigenvalue weighted by Crippen LogP contribution is -2.55. The monoisotopic (exact) mass is 373 g/mol. The van der Waals surface area contributed by atoms with Crippen LogP contribution in [0.4, 0.5) is 5.69 Å². The highest BCUT2D eigenvalue weighted by Crippen LogP contribution is 2.49. The van der Waals surface area contributed by atoms with Crippen LogP contribution in [0, 0.1) is 5.92 Å². The number of ether oxygens (including phenoxy) is 1. The number of rotatable bonds is 6. The quantitative estimate of drug-likeness (QED) is 0.646. The fraction of sp³-hybridized carbons (Fsp3) is 0.208. The Hall–Kier alpha value is -3.11. The van der Waals surface area contributed by atoms with Gasteiger partial charge >= 0.3 is 0 Å². The van der Waals surface area contributed by atoms with Crippen LogP contribution in [0.15, 0.2) is 84.9 Å². The first-order chi connectivity index (χ1) is 13.7. The fourth-order valence-electron chi connectivity index (χ4n) is 3.97. The van der Waals surface area contributed by atoms with Crippen molar-refractivity contribution in [3.63, 3.8) is 0 Å². The maximum absolute atomic E-state index is 13.1. The SMILES string of the molecule is COc1ccccc1[C@H]1[C@@H](C[C@@H](O)c2ccccc2)C(=O)N1c1ccccc1. The first-order valence-corrected chi connectivity index (χ1v) is 9.44. The van der Waals surface area contributed by atoms with Crippen molar-refractivity contribution >= 4 is 11.6 Å². The Balaban J connectivity index is 1.68. The number of hydrogen-bond acceptors (Lipinski definition) is 3. The number of amides is 1. The van der Waals surface area contributed by atoms with Crippen molar-refractivity contribution in [3.05, 3.63) is 96.1 Å². The zero-order valence-corrected chi connectivity index (χ0v) is 15.7. The molecular formula is C24H23NO3. The summed E-state index contributed by atoms with van der Waals surface area (Å²) in [6.07, 6.45) is -0.320. The van der Waals surface area contributed by atoms with E-state index in [0.717, 1.165) is 22.6 Å². The minimum Gasteiger partial charge on any atom is -0.496 e. The van der Waals surface area contributed by atoms with E-state index >= 15 is 0 Å². The van der Waals surface area contributed by atoms with Gasteiger partial charge in [0.15, 0.2) is 0 Å². The third-order valence-electron chi connectivity index (χ3n) is 5.37. The molecule has 28 heavy (non-hydrogen) atoms. The summed E-state index contributed by atoms with van der Waals surface area (Å²) < 4.78 is 5.56. The van der Waals surface area contributed by atoms with Crippen LogP contribution in [0.1, 0.15) is 29.7 Å². The third kappa shape index (κ3) is 3.27. The molecule has 0 radical (unpaired) electrons. The van der Waals surface area contributed by atoms with Crippen molar-refractivity contribution in [2.45, 2.75) is 18.6 Å². The normalized spacial score (nSPS) is 19.8. The van der Waals surface area contributed by atoms with E-state index in [0.29, 0.717) is 6.42 Å². The highest BCUT2D eigenvalue weighted by Gasteiger charge is 2.50. The van der Waals surface area contributed by atoms with E-state index in [1.807, 2.05) is 84.9 Å². The Bertz CT molecular complexity index is 942. The second-order valence-electron chi connectivity index (χ2n) is 7.00. The van der Waals surface area contributed by atoms with Gasteiger partial charge in [-0.2, -0.15) is 0 Å². The molecule has 3 atom stereocenters. The van der Waals surface area contributed by atoms with E-state index in [1.54, 1.807) is 12.0 Å². The molecule has 1 fully saturated rings. The highest BCUT2D eigenvalue weighted by molar-refractivity contribution is 6.03. The number of aliphatic hydroxyl groups is 1. The molecule has 4 nitrogen and oxygen atoms in total. The third-order valence-corrected chi connectivity index (χ3v) is 5.37. The number of hydrogen-bond donors (Lipinski definition) is 1. The number of aliphatic hydroxyl groups excluding tert-OH is 1. The van der Waals surface area contributed by atoms with Crippen LogP contribution in [-0.2, 0) is 4.79 Å². The van der Waals surface area contributed by atoms with Gasteiger partial charge in [-0.05, 0) is 30.2 Å². The van der Waals surface area contributed by atoms with Gasteiger partial charge in [0.1, 0.15) is 5.75 Å². The van der Waals surface area contributed by atoms with Gasteiger partial charge in [0, 0.05) is 11.3 Å². The predicted octanol–water partition coefficient (Wildman–Crippen LogP) is 4.52. The summed E-state index contributed by atoms with van der Waals surface area (Å²) in [5.41, 5.74) is 2.64. The lowest BCUT2D eigenvalue weighted by Gasteiger charge is -2.48. The van der Waals surface area contributed by atoms with Crippen LogP contribution >= 0.6 is 0 Å². The molecule has 0 spiro atoms. The smallest absolute Gasteiger partial charge is 0.233 e. The van der Waals surface area contributed by atoms with Crippen molar-refractivity contribution in [2.24, 2.45) is 5.92 Å². The van der Waals surface area contributed by atoms with Crippen LogP contribution < -0.4 is 9.64 Å². The Kier molecular flexibility index (Phi) is 5.13. The number of anilines is 1. The molecule has 0 saturated carbocycles. The van der Waals surface area contributed by atoms with Crippen LogP contribution in [0.2, 0.25) is 0 Å². The number of para-hydroxylation sites is 2. The summed E-state index contributed by atoms with van der Waals surface area (Å²) in [4.78, 5) is 14.9. The number of methoxy groups -OCH3 is 1. The Morgan fingerprint density at radius 2 is 1.54 bits per heavy atom. The van der Waals surface area contributed by atoms with Gasteiger partial charge in [-0.15, -0.1) is 0 Å². The maximum atomic E-state index is 13.1. The van der Waals surface area contributed by atoms with Crippen molar-refractivity contribution in [2.75, 3.05) is 12.0 Å². The molecular weight excluding hydrogens is 350 g/mol. The zero-order chi connectivity index (χ0) is 19.5. The van der Waals surface area contributed by atoms with Crippen molar-refractivity contribution in [1.82, 2.24) is 0 Å². The summed E-state index contributed by atoms with van der Waals surface area (Å²) in [5, 5.41) is 10.7. The van der Waals surface area contributed by atoms with E-state index in [1.165, 1.54) is 0 Å². The minimum atomic E-state index is -0.690. The maximum Gasteiger partial charge on any atom is 0.233 e. The van der Waals surface area contributed by atoms with Crippen LogP contribution in [-0.4, -0.2) is 18.1 Å². The first-order valence-electron chi connectivity index (χ1n) is 9.44. The predicted molar refractivity (Wildman–Crippen MR) is 109 cm³/mol. The number of benzene rings is 3. The average molecular weight is 373 g/mol. The first kappa shape index (κ1) is 18.3. The second kappa shape index (κ2) is 7.87. The fourth-order valence-corrected chi connectivity index (χ4v) is 3.97. The van der Waals surface area contributed by atoms with Crippen molar-refractivity contribution < 1.29 is 14.6 Å². The molecule has 1 amide bonds. The van der Waals surface area contributed by atoms with E-state index in [-0.39, 0.29) is 17.9 Å². The standard InChI is InChI=1S/C24H23NO3/c1-28-22-15-9-8-14-19(22)23-20(16-21(26)17-10-4-2-5-11-17)24(27)25(23)18-12-6-3-7-13-18/h2-15,20-21,23,26H,16H2,1H3/t20-,21-,23+/m1/s1. The van der Waals surface area contributed by atoms with Gasteiger partial charge in [-0.25, -0.2) is 0 Å². The molecule has 3 aromatic rings. The van der Waals surface area contributed by atoms with Crippen LogP contribution in [0.25, 0.3) is 0 Å². The van der Waals surface area contributed by atoms with Gasteiger partial charge in [-0.1, -0.05) is 66.7 Å². The summed E-state index contributed by atoms with van der Waals surface area (Å²) in [7, 11) is 1.64. The molecule has 4 heteroatoms. The summed E-state index contributed by atoms with van der Waals surface area (Å²) in [6.45, 7) is 0. The molecule has 0 unspecified atom stereocenters. The number of carbonyl (C=O) groups excluding carboxylic acids is 1. The minimum absolute atomic E-state index is 0.0251. The topological polar surface area (TPSA) is 49.8 Å². The zero-order valence-electron chi connectivity index (χ0n) is 15.7. The second-order valence-corrected chi connectivity index (χ2v) is 7.00. The van der Waals surface area contributed by atoms with E-state index < -0.39 is 6.10 Å². The molecule has 0 aromatic heterocycles. The Morgan fingerprint density at radius 3 is 2.21 bits per heavy atom. The molecule has 3 aromatic carbocycles. The highest BCUT2D eigenvalue weighted by atomic mass is 16.5. The molecule has 1 N–H and O–H groups in total. The molecule has 1 heterocycles. The lowest BCUT2D eigenvalue weighted by atomic mass is 9.77. The summed E-state index contributed by atoms with van der Waals surface area (Å²) >= 11 is 0. The molecule has 1 aliphatic rings. The molecule has 142 valence electrons. The van der Waals surface area contributed by atoms with Crippen molar-refractivity contribution in [3.8, 4) is 5.75 Å². The van der Waals surface area contributed by atoms with Gasteiger partial charge in [0.25, 0.3) is 0 Å². The summed E-state index contributed by atoms with van der Waals surface area (Å²) in [6, 6.07) is 26.7. The van der Waals surface area contributed by atoms with Gasteiger partial charge < -0.3 is 14.7 Å². The van der Waals surface area contributed by atoms with Crippen LogP contribution in [0.3, 0.4) is 0 Å². The van der Waals surface area contributed by atoms with Gasteiger partial charge in [-0.3, -0.25) is 4.79 Å². The Labute approximate surface area is 165 Å². The molecule has 4 rings (SSSR count). The summed E-state index contributed by atoms with van der Waals surface area (Å²) in [5.74, 6) is 0.462. The van der Waals surface area contributed by atoms with E-state index in [4.69, 9.17) is 4.74 Å². The van der Waals surface area contributed by atoms with Gasteiger partial charge in [0.05, 0.1) is 25.2 Å². The lowest BCUT2D eigenvalue weighted by molar-refractivity contribution is -0.132. The van der Waals surface area contributed by atoms with E-state index in [2.05, 4.69) is 0 Å². The van der Waals surface area contributed by atoms with Crippen molar-refractivity contribution in [1.29, 1.82) is 0 Å². The van der Waals surface area contributed by atoms with Gasteiger partial charge in [0.2, 0.25) is 5.91 Å². The largest absolute Gasteiger partial charge is 0.496 e. The molecule has 1 saturated heterocycles. The van der Waals surface area contributed by atoms with Crippen LogP contribution in [0.5, 0.6) is 5.75 Å².